The first kappa shape index (κ1) is 14.4. The molecule has 1 aromatic carbocycles. The summed E-state index contributed by atoms with van der Waals surface area (Å²) in [6, 6.07) is 8.09. The normalized spacial score (nSPS) is 21.2. The fourth-order valence-electron chi connectivity index (χ4n) is 2.88. The van der Waals surface area contributed by atoms with E-state index in [9.17, 15) is 5.11 Å². The van der Waals surface area contributed by atoms with Gasteiger partial charge in [0.15, 0.2) is 0 Å². The molecule has 0 saturated carbocycles. The first-order valence-corrected chi connectivity index (χ1v) is 7.11. The van der Waals surface area contributed by atoms with Gasteiger partial charge in [0.1, 0.15) is 5.75 Å². The molecule has 0 spiro atoms. The fraction of sp³-hybridized carbons (Fsp3) is 0.625. The maximum absolute atomic E-state index is 9.28. The van der Waals surface area contributed by atoms with Gasteiger partial charge in [-0.05, 0) is 51.3 Å². The van der Waals surface area contributed by atoms with Gasteiger partial charge in [0.2, 0.25) is 0 Å². The van der Waals surface area contributed by atoms with Crippen molar-refractivity contribution in [3.8, 4) is 5.75 Å². The Morgan fingerprint density at radius 3 is 2.63 bits per heavy atom. The maximum Gasteiger partial charge on any atom is 0.115 e. The third-order valence-corrected chi connectivity index (χ3v) is 4.03. The summed E-state index contributed by atoms with van der Waals surface area (Å²) in [7, 11) is 0. The van der Waals surface area contributed by atoms with Gasteiger partial charge in [0.25, 0.3) is 0 Å². The van der Waals surface area contributed by atoms with E-state index in [2.05, 4.69) is 25.7 Å². The van der Waals surface area contributed by atoms with Gasteiger partial charge in [-0.3, -0.25) is 4.90 Å². The Kier molecular flexibility index (Phi) is 4.48. The number of aryl methyl sites for hydroxylation is 1. The van der Waals surface area contributed by atoms with Gasteiger partial charge in [-0.2, -0.15) is 0 Å². The Labute approximate surface area is 116 Å². The van der Waals surface area contributed by atoms with Gasteiger partial charge in [-0.1, -0.05) is 12.1 Å². The van der Waals surface area contributed by atoms with Crippen LogP contribution in [0.25, 0.3) is 0 Å². The zero-order valence-electron chi connectivity index (χ0n) is 12.2. The second kappa shape index (κ2) is 5.93. The third-order valence-electron chi connectivity index (χ3n) is 4.03. The van der Waals surface area contributed by atoms with Crippen LogP contribution in [0.1, 0.15) is 32.8 Å². The predicted octanol–water partition coefficient (Wildman–Crippen LogP) is 2.82. The molecule has 3 heteroatoms. The summed E-state index contributed by atoms with van der Waals surface area (Å²) in [6.45, 7) is 9.48. The number of rotatable bonds is 4. The minimum Gasteiger partial charge on any atom is -0.508 e. The lowest BCUT2D eigenvalue weighted by Crippen LogP contribution is -2.56. The van der Waals surface area contributed by atoms with E-state index in [0.29, 0.717) is 11.8 Å². The molecule has 0 radical (unpaired) electrons. The molecule has 0 aliphatic carbocycles. The number of morpholine rings is 1. The van der Waals surface area contributed by atoms with Crippen LogP contribution in [-0.4, -0.2) is 41.3 Å². The number of hydrogen-bond donors (Lipinski definition) is 1. The lowest BCUT2D eigenvalue weighted by atomic mass is 9.97. The molecule has 1 aliphatic rings. The zero-order valence-corrected chi connectivity index (χ0v) is 12.2. The standard InChI is InChI=1S/C16H25NO2/c1-13(17-10-11-19-12-16(17,2)3)4-5-14-6-8-15(18)9-7-14/h6-9,13,18H,4-5,10-12H2,1-3H3. The van der Waals surface area contributed by atoms with E-state index < -0.39 is 0 Å². The summed E-state index contributed by atoms with van der Waals surface area (Å²) in [5.74, 6) is 0.339. The Morgan fingerprint density at radius 2 is 2.00 bits per heavy atom. The lowest BCUT2D eigenvalue weighted by molar-refractivity contribution is -0.0698. The monoisotopic (exact) mass is 263 g/mol. The van der Waals surface area contributed by atoms with Gasteiger partial charge in [-0.25, -0.2) is 0 Å². The number of nitrogens with zero attached hydrogens (tertiary/aromatic N) is 1. The average Bonchev–Trinajstić information content (AvgIpc) is 2.37. The molecule has 0 amide bonds. The molecular formula is C16H25NO2. The van der Waals surface area contributed by atoms with Gasteiger partial charge in [-0.15, -0.1) is 0 Å². The van der Waals surface area contributed by atoms with Crippen molar-refractivity contribution in [3.63, 3.8) is 0 Å². The minimum absolute atomic E-state index is 0.132. The van der Waals surface area contributed by atoms with Crippen LogP contribution in [0.2, 0.25) is 0 Å². The van der Waals surface area contributed by atoms with E-state index in [4.69, 9.17) is 4.74 Å². The van der Waals surface area contributed by atoms with Crippen LogP contribution in [0, 0.1) is 0 Å². The third kappa shape index (κ3) is 3.71. The predicted molar refractivity (Wildman–Crippen MR) is 77.5 cm³/mol. The summed E-state index contributed by atoms with van der Waals surface area (Å²) in [6.07, 6.45) is 2.18. The second-order valence-electron chi connectivity index (χ2n) is 6.11. The summed E-state index contributed by atoms with van der Waals surface area (Å²) in [4.78, 5) is 2.55. The van der Waals surface area contributed by atoms with E-state index in [-0.39, 0.29) is 5.54 Å². The molecule has 0 aromatic heterocycles. The van der Waals surface area contributed by atoms with Crippen LogP contribution >= 0.6 is 0 Å². The number of hydrogen-bond acceptors (Lipinski definition) is 3. The van der Waals surface area contributed by atoms with Crippen molar-refractivity contribution in [3.05, 3.63) is 29.8 Å². The Morgan fingerprint density at radius 1 is 1.32 bits per heavy atom. The Hall–Kier alpha value is -1.06. The molecule has 1 aliphatic heterocycles. The van der Waals surface area contributed by atoms with E-state index in [1.807, 2.05) is 12.1 Å². The van der Waals surface area contributed by atoms with Gasteiger partial charge >= 0.3 is 0 Å². The maximum atomic E-state index is 9.28. The first-order chi connectivity index (χ1) is 8.99. The number of phenols is 1. The van der Waals surface area contributed by atoms with Crippen LogP contribution in [0.3, 0.4) is 0 Å². The molecule has 1 aromatic rings. The molecule has 1 atom stereocenters. The van der Waals surface area contributed by atoms with Crippen molar-refractivity contribution in [2.45, 2.75) is 45.2 Å². The molecule has 1 heterocycles. The summed E-state index contributed by atoms with van der Waals surface area (Å²) in [5.41, 5.74) is 1.42. The summed E-state index contributed by atoms with van der Waals surface area (Å²) in [5, 5.41) is 9.28. The van der Waals surface area contributed by atoms with Gasteiger partial charge in [0.05, 0.1) is 13.2 Å². The van der Waals surface area contributed by atoms with Crippen molar-refractivity contribution >= 4 is 0 Å². The molecule has 2 rings (SSSR count). The number of benzene rings is 1. The lowest BCUT2D eigenvalue weighted by Gasteiger charge is -2.45. The van der Waals surface area contributed by atoms with Crippen LogP contribution in [-0.2, 0) is 11.2 Å². The molecular weight excluding hydrogens is 238 g/mol. The van der Waals surface area contributed by atoms with Crippen LogP contribution in [0.5, 0.6) is 5.75 Å². The van der Waals surface area contributed by atoms with Crippen molar-refractivity contribution in [1.29, 1.82) is 0 Å². The zero-order chi connectivity index (χ0) is 13.9. The van der Waals surface area contributed by atoms with Crippen molar-refractivity contribution in [2.75, 3.05) is 19.8 Å². The Balaban J connectivity index is 1.90. The van der Waals surface area contributed by atoms with Crippen molar-refractivity contribution in [2.24, 2.45) is 0 Å². The summed E-state index contributed by atoms with van der Waals surface area (Å²) >= 11 is 0. The molecule has 3 nitrogen and oxygen atoms in total. The Bertz CT molecular complexity index is 400. The SMILES string of the molecule is CC(CCc1ccc(O)cc1)N1CCOCC1(C)C. The molecule has 1 N–H and O–H groups in total. The smallest absolute Gasteiger partial charge is 0.115 e. The van der Waals surface area contributed by atoms with E-state index in [1.165, 1.54) is 5.56 Å². The van der Waals surface area contributed by atoms with Gasteiger partial charge in [0, 0.05) is 18.1 Å². The van der Waals surface area contributed by atoms with E-state index in [1.54, 1.807) is 12.1 Å². The number of aromatic hydroxyl groups is 1. The number of ether oxygens (including phenoxy) is 1. The molecule has 1 saturated heterocycles. The highest BCUT2D eigenvalue weighted by atomic mass is 16.5. The molecule has 106 valence electrons. The largest absolute Gasteiger partial charge is 0.508 e. The van der Waals surface area contributed by atoms with Crippen molar-refractivity contribution < 1.29 is 9.84 Å². The second-order valence-corrected chi connectivity index (χ2v) is 6.11. The molecule has 19 heavy (non-hydrogen) atoms. The van der Waals surface area contributed by atoms with Crippen molar-refractivity contribution in [1.82, 2.24) is 4.90 Å². The van der Waals surface area contributed by atoms with Crippen LogP contribution in [0.4, 0.5) is 0 Å². The average molecular weight is 263 g/mol. The summed E-state index contributed by atoms with van der Waals surface area (Å²) < 4.78 is 5.57. The molecule has 1 fully saturated rings. The minimum atomic E-state index is 0.132. The van der Waals surface area contributed by atoms with E-state index >= 15 is 0 Å². The molecule has 1 unspecified atom stereocenters. The van der Waals surface area contributed by atoms with Crippen LogP contribution in [0.15, 0.2) is 24.3 Å². The topological polar surface area (TPSA) is 32.7 Å². The van der Waals surface area contributed by atoms with Crippen LogP contribution < -0.4 is 0 Å². The van der Waals surface area contributed by atoms with E-state index in [0.717, 1.165) is 32.6 Å². The quantitative estimate of drug-likeness (QED) is 0.906. The number of phenolic OH excluding ortho intramolecular Hbond substituents is 1. The highest BCUT2D eigenvalue weighted by molar-refractivity contribution is 5.25. The first-order valence-electron chi connectivity index (χ1n) is 7.11. The fourth-order valence-corrected chi connectivity index (χ4v) is 2.88. The highest BCUT2D eigenvalue weighted by Gasteiger charge is 2.33. The van der Waals surface area contributed by atoms with Gasteiger partial charge < -0.3 is 9.84 Å². The molecule has 0 bridgehead atoms. The highest BCUT2D eigenvalue weighted by Crippen LogP contribution is 2.24.